The normalized spacial score (nSPS) is 13.0. The van der Waals surface area contributed by atoms with E-state index in [0.717, 1.165) is 6.20 Å². The van der Waals surface area contributed by atoms with E-state index < -0.39 is 23.9 Å². The predicted molar refractivity (Wildman–Crippen MR) is 66.1 cm³/mol. The van der Waals surface area contributed by atoms with Crippen LogP contribution < -0.4 is 5.32 Å². The second-order valence-electron chi connectivity index (χ2n) is 4.39. The summed E-state index contributed by atoms with van der Waals surface area (Å²) in [7, 11) is 0. The fraction of sp³-hybridized carbons (Fsp3) is 0.231. The molecule has 1 amide bonds. The first-order chi connectivity index (χ1) is 9.77. The average molecular weight is 301 g/mol. The molecular formula is C13H11F4N3O. The first-order valence-corrected chi connectivity index (χ1v) is 5.95. The van der Waals surface area contributed by atoms with E-state index in [2.05, 4.69) is 5.10 Å². The van der Waals surface area contributed by atoms with Crippen LogP contribution in [0.1, 0.15) is 18.5 Å². The van der Waals surface area contributed by atoms with Crippen molar-refractivity contribution < 1.29 is 22.4 Å². The highest BCUT2D eigenvalue weighted by molar-refractivity contribution is 5.82. The third-order valence-corrected chi connectivity index (χ3v) is 2.81. The number of rotatable bonds is 3. The lowest BCUT2D eigenvalue weighted by molar-refractivity contribution is -0.174. The highest BCUT2D eigenvalue weighted by Crippen LogP contribution is 2.19. The van der Waals surface area contributed by atoms with Crippen molar-refractivity contribution in [3.8, 4) is 5.69 Å². The lowest BCUT2D eigenvalue weighted by Crippen LogP contribution is -2.38. The molecular weight excluding hydrogens is 290 g/mol. The number of benzene rings is 1. The molecule has 0 saturated heterocycles. The summed E-state index contributed by atoms with van der Waals surface area (Å²) in [6.07, 6.45) is -2.70. The molecule has 1 atom stereocenters. The van der Waals surface area contributed by atoms with Gasteiger partial charge < -0.3 is 5.32 Å². The molecule has 21 heavy (non-hydrogen) atoms. The summed E-state index contributed by atoms with van der Waals surface area (Å²) in [5, 5.41) is 5.62. The van der Waals surface area contributed by atoms with Crippen LogP contribution in [-0.4, -0.2) is 21.9 Å². The van der Waals surface area contributed by atoms with Crippen LogP contribution in [0.15, 0.2) is 36.7 Å². The third-order valence-electron chi connectivity index (χ3n) is 2.81. The van der Waals surface area contributed by atoms with E-state index in [1.165, 1.54) is 29.9 Å². The topological polar surface area (TPSA) is 46.9 Å². The van der Waals surface area contributed by atoms with Crippen LogP contribution >= 0.6 is 0 Å². The number of nitrogens with zero attached hydrogens (tertiary/aromatic N) is 2. The SMILES string of the molecule is C[C@H](NC(=O)C(F)(F)F)c1ccc(-n2cc(F)cn2)cc1. The van der Waals surface area contributed by atoms with Crippen molar-refractivity contribution in [3.05, 3.63) is 48.0 Å². The molecule has 8 heteroatoms. The van der Waals surface area contributed by atoms with Gasteiger partial charge in [0.1, 0.15) is 0 Å². The van der Waals surface area contributed by atoms with Crippen LogP contribution in [0.2, 0.25) is 0 Å². The van der Waals surface area contributed by atoms with E-state index in [1.807, 2.05) is 5.32 Å². The summed E-state index contributed by atoms with van der Waals surface area (Å²) in [5.41, 5.74) is 1.04. The number of nitrogens with one attached hydrogen (secondary N) is 1. The van der Waals surface area contributed by atoms with Crippen LogP contribution in [0.5, 0.6) is 0 Å². The molecule has 1 aromatic carbocycles. The molecule has 0 aliphatic heterocycles. The second-order valence-corrected chi connectivity index (χ2v) is 4.39. The Balaban J connectivity index is 2.10. The maximum absolute atomic E-state index is 12.8. The van der Waals surface area contributed by atoms with Crippen LogP contribution in [0.25, 0.3) is 5.69 Å². The number of aromatic nitrogens is 2. The van der Waals surface area contributed by atoms with Crippen LogP contribution in [0.4, 0.5) is 17.6 Å². The van der Waals surface area contributed by atoms with Crippen LogP contribution in [-0.2, 0) is 4.79 Å². The fourth-order valence-electron chi connectivity index (χ4n) is 1.72. The lowest BCUT2D eigenvalue weighted by atomic mass is 10.1. The van der Waals surface area contributed by atoms with Gasteiger partial charge in [0.2, 0.25) is 0 Å². The Morgan fingerprint density at radius 2 is 1.90 bits per heavy atom. The maximum Gasteiger partial charge on any atom is 0.471 e. The molecule has 1 heterocycles. The van der Waals surface area contributed by atoms with Crippen molar-refractivity contribution in [2.75, 3.05) is 0 Å². The highest BCUT2D eigenvalue weighted by atomic mass is 19.4. The zero-order chi connectivity index (χ0) is 15.6. The van der Waals surface area contributed by atoms with Gasteiger partial charge >= 0.3 is 12.1 Å². The third kappa shape index (κ3) is 3.59. The van der Waals surface area contributed by atoms with Crippen molar-refractivity contribution in [3.63, 3.8) is 0 Å². The standard InChI is InChI=1S/C13H11F4N3O/c1-8(19-12(21)13(15,16)17)9-2-4-11(5-3-9)20-7-10(14)6-18-20/h2-8H,1H3,(H,19,21)/t8-/m0/s1. The molecule has 0 aliphatic rings. The van der Waals surface area contributed by atoms with Gasteiger partial charge in [-0.2, -0.15) is 18.3 Å². The largest absolute Gasteiger partial charge is 0.471 e. The van der Waals surface area contributed by atoms with Crippen molar-refractivity contribution in [1.82, 2.24) is 15.1 Å². The molecule has 0 aliphatic carbocycles. The van der Waals surface area contributed by atoms with Crippen molar-refractivity contribution >= 4 is 5.91 Å². The minimum Gasteiger partial charge on any atom is -0.342 e. The molecule has 0 saturated carbocycles. The van der Waals surface area contributed by atoms with Crippen molar-refractivity contribution in [2.45, 2.75) is 19.1 Å². The number of carbonyl (C=O) groups excluding carboxylic acids is 1. The van der Waals surface area contributed by atoms with Crippen molar-refractivity contribution in [2.24, 2.45) is 0 Å². The quantitative estimate of drug-likeness (QED) is 0.886. The summed E-state index contributed by atoms with van der Waals surface area (Å²) in [5.74, 6) is -2.49. The molecule has 1 N–H and O–H groups in total. The molecule has 0 fully saturated rings. The Morgan fingerprint density at radius 3 is 2.38 bits per heavy atom. The van der Waals surface area contributed by atoms with Gasteiger partial charge in [-0.1, -0.05) is 12.1 Å². The van der Waals surface area contributed by atoms with E-state index in [-0.39, 0.29) is 0 Å². The second kappa shape index (κ2) is 5.55. The monoisotopic (exact) mass is 301 g/mol. The summed E-state index contributed by atoms with van der Waals surface area (Å²) in [6.45, 7) is 1.44. The highest BCUT2D eigenvalue weighted by Gasteiger charge is 2.39. The van der Waals surface area contributed by atoms with Gasteiger partial charge in [-0.3, -0.25) is 4.79 Å². The Morgan fingerprint density at radius 1 is 1.29 bits per heavy atom. The molecule has 0 spiro atoms. The molecule has 112 valence electrons. The van der Waals surface area contributed by atoms with Gasteiger partial charge in [0.05, 0.1) is 24.1 Å². The molecule has 0 bridgehead atoms. The molecule has 0 unspecified atom stereocenters. The number of amides is 1. The van der Waals surface area contributed by atoms with E-state index >= 15 is 0 Å². The Kier molecular flexibility index (Phi) is 3.97. The first kappa shape index (κ1) is 15.0. The average Bonchev–Trinajstić information content (AvgIpc) is 2.84. The van der Waals surface area contributed by atoms with Gasteiger partial charge in [-0.15, -0.1) is 0 Å². The van der Waals surface area contributed by atoms with Crippen molar-refractivity contribution in [1.29, 1.82) is 0 Å². The van der Waals surface area contributed by atoms with Crippen LogP contribution in [0, 0.1) is 5.82 Å². The van der Waals surface area contributed by atoms with Gasteiger partial charge in [0, 0.05) is 0 Å². The van der Waals surface area contributed by atoms with E-state index in [4.69, 9.17) is 0 Å². The maximum atomic E-state index is 12.8. The Bertz CT molecular complexity index is 634. The van der Waals surface area contributed by atoms with E-state index in [1.54, 1.807) is 12.1 Å². The molecule has 2 aromatic rings. The smallest absolute Gasteiger partial charge is 0.342 e. The van der Waals surface area contributed by atoms with E-state index in [9.17, 15) is 22.4 Å². The Labute approximate surface area is 117 Å². The predicted octanol–water partition coefficient (Wildman–Crippen LogP) is 2.75. The summed E-state index contributed by atoms with van der Waals surface area (Å²) in [6, 6.07) is 5.41. The minimum absolute atomic E-state index is 0.490. The van der Waals surface area contributed by atoms with Gasteiger partial charge in [-0.25, -0.2) is 9.07 Å². The first-order valence-electron chi connectivity index (χ1n) is 5.95. The lowest BCUT2D eigenvalue weighted by Gasteiger charge is -2.16. The zero-order valence-corrected chi connectivity index (χ0v) is 10.9. The summed E-state index contributed by atoms with van der Waals surface area (Å²) >= 11 is 0. The van der Waals surface area contributed by atoms with Gasteiger partial charge in [-0.05, 0) is 24.6 Å². The number of hydrogen-bond donors (Lipinski definition) is 1. The van der Waals surface area contributed by atoms with Gasteiger partial charge in [0.15, 0.2) is 5.82 Å². The molecule has 0 radical (unpaired) electrons. The number of carbonyl (C=O) groups is 1. The molecule has 1 aromatic heterocycles. The molecule has 2 rings (SSSR count). The van der Waals surface area contributed by atoms with Crippen LogP contribution in [0.3, 0.4) is 0 Å². The minimum atomic E-state index is -4.92. The van der Waals surface area contributed by atoms with Gasteiger partial charge in [0.25, 0.3) is 0 Å². The number of alkyl halides is 3. The number of halogens is 4. The summed E-state index contributed by atoms with van der Waals surface area (Å²) < 4.78 is 50.6. The summed E-state index contributed by atoms with van der Waals surface area (Å²) in [4.78, 5) is 10.8. The zero-order valence-electron chi connectivity index (χ0n) is 10.9. The fourth-order valence-corrected chi connectivity index (χ4v) is 1.72. The molecule has 4 nitrogen and oxygen atoms in total. The Hall–Kier alpha value is -2.38. The number of hydrogen-bond acceptors (Lipinski definition) is 2. The van der Waals surface area contributed by atoms with E-state index in [0.29, 0.717) is 11.3 Å².